The number of benzene rings is 2. The first-order valence-corrected chi connectivity index (χ1v) is 13.7. The Balaban J connectivity index is 1.71. The van der Waals surface area contributed by atoms with Gasteiger partial charge in [0.05, 0.1) is 7.11 Å². The summed E-state index contributed by atoms with van der Waals surface area (Å²) in [5.41, 5.74) is 1.05. The Morgan fingerprint density at radius 2 is 1.85 bits per heavy atom. The van der Waals surface area contributed by atoms with Crippen LogP contribution in [0.25, 0.3) is 0 Å². The fourth-order valence-corrected chi connectivity index (χ4v) is 5.57. The smallest absolute Gasteiger partial charge is 0.244 e. The predicted octanol–water partition coefficient (Wildman–Crippen LogP) is 2.97. The van der Waals surface area contributed by atoms with Crippen LogP contribution in [0.1, 0.15) is 12.8 Å². The van der Waals surface area contributed by atoms with E-state index >= 15 is 0 Å². The number of sulfonamides is 1. The molecule has 0 aromatic heterocycles. The zero-order chi connectivity index (χ0) is 23.8. The Hall–Kier alpha value is -2.30. The molecule has 3 rings (SSSR count). The van der Waals surface area contributed by atoms with Crippen LogP contribution in [0.3, 0.4) is 0 Å². The van der Waals surface area contributed by atoms with Gasteiger partial charge >= 0.3 is 0 Å². The summed E-state index contributed by atoms with van der Waals surface area (Å²) < 4.78 is 47.4. The third-order valence-electron chi connectivity index (χ3n) is 5.58. The van der Waals surface area contributed by atoms with Gasteiger partial charge in [-0.15, -0.1) is 0 Å². The second-order valence-corrected chi connectivity index (χ2v) is 10.4. The predicted molar refractivity (Wildman–Crippen MR) is 130 cm³/mol. The van der Waals surface area contributed by atoms with Crippen LogP contribution in [-0.4, -0.2) is 70.6 Å². The Labute approximate surface area is 199 Å². The molecule has 7 nitrogen and oxygen atoms in total. The standard InChI is InChI=1S/C23H30FN3O4S2/c1-31-19-10-8-18(9-11-19)26-13-5-14-27(16-15-26)23(28)21(12-17-32-2)25-33(29,30)22-7-4-3-6-20(22)24/h3-4,6-11,21,25H,5,12-17H2,1-2H3. The lowest BCUT2D eigenvalue weighted by Gasteiger charge is -2.27. The van der Waals surface area contributed by atoms with Crippen LogP contribution in [0.5, 0.6) is 5.75 Å². The lowest BCUT2D eigenvalue weighted by Crippen LogP contribution is -2.49. The van der Waals surface area contributed by atoms with Crippen molar-refractivity contribution in [1.82, 2.24) is 9.62 Å². The van der Waals surface area contributed by atoms with Gasteiger partial charge in [-0.25, -0.2) is 12.8 Å². The van der Waals surface area contributed by atoms with Crippen molar-refractivity contribution < 1.29 is 22.3 Å². The SMILES string of the molecule is COc1ccc(N2CCCN(C(=O)C(CCSC)NS(=O)(=O)c3ccccc3F)CC2)cc1. The molecule has 0 bridgehead atoms. The molecule has 1 N–H and O–H groups in total. The summed E-state index contributed by atoms with van der Waals surface area (Å²) in [6.07, 6.45) is 2.98. The molecule has 0 saturated carbocycles. The molecular weight excluding hydrogens is 465 g/mol. The minimum Gasteiger partial charge on any atom is -0.497 e. The lowest BCUT2D eigenvalue weighted by molar-refractivity contribution is -0.132. The first kappa shape index (κ1) is 25.3. The van der Waals surface area contributed by atoms with Crippen LogP contribution < -0.4 is 14.4 Å². The summed E-state index contributed by atoms with van der Waals surface area (Å²) in [7, 11) is -2.55. The monoisotopic (exact) mass is 495 g/mol. The average molecular weight is 496 g/mol. The van der Waals surface area contributed by atoms with Gasteiger partial charge in [0.25, 0.3) is 0 Å². The van der Waals surface area contributed by atoms with Gasteiger partial charge in [-0.05, 0) is 61.2 Å². The van der Waals surface area contributed by atoms with Crippen LogP contribution >= 0.6 is 11.8 Å². The van der Waals surface area contributed by atoms with E-state index in [1.807, 2.05) is 30.5 Å². The summed E-state index contributed by atoms with van der Waals surface area (Å²) in [5.74, 6) is 0.262. The number of hydrogen-bond acceptors (Lipinski definition) is 6. The van der Waals surface area contributed by atoms with E-state index in [0.29, 0.717) is 31.8 Å². The van der Waals surface area contributed by atoms with E-state index in [1.165, 1.54) is 30.0 Å². The number of methoxy groups -OCH3 is 1. The number of carbonyl (C=O) groups is 1. The van der Waals surface area contributed by atoms with Gasteiger partial charge in [0.1, 0.15) is 22.5 Å². The van der Waals surface area contributed by atoms with Crippen LogP contribution in [0, 0.1) is 5.82 Å². The number of rotatable bonds is 9. The summed E-state index contributed by atoms with van der Waals surface area (Å²) in [5, 5.41) is 0. The molecule has 1 fully saturated rings. The summed E-state index contributed by atoms with van der Waals surface area (Å²) in [4.78, 5) is 16.8. The number of nitrogens with one attached hydrogen (secondary N) is 1. The molecule has 2 aromatic rings. The van der Waals surface area contributed by atoms with Gasteiger partial charge in [-0.3, -0.25) is 4.79 Å². The molecule has 180 valence electrons. The van der Waals surface area contributed by atoms with E-state index in [2.05, 4.69) is 9.62 Å². The van der Waals surface area contributed by atoms with Crippen LogP contribution in [0.2, 0.25) is 0 Å². The summed E-state index contributed by atoms with van der Waals surface area (Å²) in [6, 6.07) is 12.0. The van der Waals surface area contributed by atoms with Crippen molar-refractivity contribution in [1.29, 1.82) is 0 Å². The van der Waals surface area contributed by atoms with Gasteiger partial charge in [0, 0.05) is 31.9 Å². The Kier molecular flexibility index (Phi) is 8.99. The van der Waals surface area contributed by atoms with Crippen molar-refractivity contribution in [3.63, 3.8) is 0 Å². The molecule has 1 saturated heterocycles. The van der Waals surface area contributed by atoms with Crippen molar-refractivity contribution in [3.05, 3.63) is 54.3 Å². The number of amides is 1. The number of carbonyl (C=O) groups excluding carboxylic acids is 1. The van der Waals surface area contributed by atoms with Crippen LogP contribution in [0.4, 0.5) is 10.1 Å². The van der Waals surface area contributed by atoms with Gasteiger partial charge in [0.2, 0.25) is 15.9 Å². The Morgan fingerprint density at radius 1 is 1.12 bits per heavy atom. The van der Waals surface area contributed by atoms with E-state index in [-0.39, 0.29) is 5.91 Å². The van der Waals surface area contributed by atoms with Gasteiger partial charge in [0.15, 0.2) is 0 Å². The number of nitrogens with zero attached hydrogens (tertiary/aromatic N) is 2. The van der Waals surface area contributed by atoms with Gasteiger partial charge in [-0.2, -0.15) is 16.5 Å². The molecule has 0 aliphatic carbocycles. The highest BCUT2D eigenvalue weighted by atomic mass is 32.2. The number of thioether (sulfide) groups is 1. The number of anilines is 1. The van der Waals surface area contributed by atoms with Crippen molar-refractivity contribution >= 4 is 33.4 Å². The lowest BCUT2D eigenvalue weighted by atomic mass is 10.2. The van der Waals surface area contributed by atoms with Gasteiger partial charge in [-0.1, -0.05) is 12.1 Å². The maximum absolute atomic E-state index is 14.1. The van der Waals surface area contributed by atoms with Gasteiger partial charge < -0.3 is 14.5 Å². The van der Waals surface area contributed by atoms with E-state index < -0.39 is 26.8 Å². The van der Waals surface area contributed by atoms with E-state index in [9.17, 15) is 17.6 Å². The topological polar surface area (TPSA) is 79.0 Å². The number of hydrogen-bond donors (Lipinski definition) is 1. The maximum atomic E-state index is 14.1. The first-order valence-electron chi connectivity index (χ1n) is 10.8. The van der Waals surface area contributed by atoms with E-state index in [1.54, 1.807) is 12.0 Å². The van der Waals surface area contributed by atoms with Crippen LogP contribution in [0.15, 0.2) is 53.4 Å². The van der Waals surface area contributed by atoms with E-state index in [4.69, 9.17) is 4.74 Å². The quantitative estimate of drug-likeness (QED) is 0.576. The fourth-order valence-electron chi connectivity index (χ4n) is 3.79. The largest absolute Gasteiger partial charge is 0.497 e. The van der Waals surface area contributed by atoms with Crippen molar-refractivity contribution in [2.45, 2.75) is 23.8 Å². The minimum atomic E-state index is -4.18. The molecule has 1 amide bonds. The molecule has 0 radical (unpaired) electrons. The highest BCUT2D eigenvalue weighted by Crippen LogP contribution is 2.21. The summed E-state index contributed by atoms with van der Waals surface area (Å²) in [6.45, 7) is 2.42. The second kappa shape index (κ2) is 11.7. The minimum absolute atomic E-state index is 0.277. The molecule has 1 atom stereocenters. The van der Waals surface area contributed by atoms with Crippen LogP contribution in [-0.2, 0) is 14.8 Å². The summed E-state index contributed by atoms with van der Waals surface area (Å²) >= 11 is 1.53. The molecule has 10 heteroatoms. The third kappa shape index (κ3) is 6.61. The molecule has 0 spiro atoms. The molecule has 1 heterocycles. The average Bonchev–Trinajstić information content (AvgIpc) is 3.08. The molecular formula is C23H30FN3O4S2. The fraction of sp³-hybridized carbons (Fsp3) is 0.435. The van der Waals surface area contributed by atoms with Crippen molar-refractivity contribution in [3.8, 4) is 5.75 Å². The number of ether oxygens (including phenoxy) is 1. The van der Waals surface area contributed by atoms with Crippen molar-refractivity contribution in [2.24, 2.45) is 0 Å². The third-order valence-corrected chi connectivity index (χ3v) is 7.73. The highest BCUT2D eigenvalue weighted by Gasteiger charge is 2.31. The molecule has 1 aliphatic heterocycles. The zero-order valence-corrected chi connectivity index (χ0v) is 20.5. The first-order chi connectivity index (χ1) is 15.9. The molecule has 1 aliphatic rings. The zero-order valence-electron chi connectivity index (χ0n) is 18.9. The Morgan fingerprint density at radius 3 is 2.52 bits per heavy atom. The normalized spacial score (nSPS) is 15.7. The maximum Gasteiger partial charge on any atom is 0.244 e. The number of halogens is 1. The second-order valence-electron chi connectivity index (χ2n) is 7.75. The van der Waals surface area contributed by atoms with Crippen molar-refractivity contribution in [2.75, 3.05) is 50.2 Å². The Bertz CT molecular complexity index is 1030. The molecule has 2 aromatic carbocycles. The molecule has 33 heavy (non-hydrogen) atoms. The highest BCUT2D eigenvalue weighted by molar-refractivity contribution is 7.98. The molecule has 1 unspecified atom stereocenters. The van der Waals surface area contributed by atoms with E-state index in [0.717, 1.165) is 30.5 Å².